The van der Waals surface area contributed by atoms with Crippen molar-refractivity contribution in [2.24, 2.45) is 0 Å². The fourth-order valence-electron chi connectivity index (χ4n) is 0.399. The van der Waals surface area contributed by atoms with E-state index in [0.29, 0.717) is 0 Å². The highest BCUT2D eigenvalue weighted by Crippen LogP contribution is 2.21. The average molecular weight is 576 g/mol. The van der Waals surface area contributed by atoms with Crippen LogP contribution >= 0.6 is 0 Å². The highest BCUT2D eigenvalue weighted by molar-refractivity contribution is 7.91. The molecule has 0 aliphatic heterocycles. The molecule has 0 aromatic carbocycles. The summed E-state index contributed by atoms with van der Waals surface area (Å²) >= 11 is -0.962. The van der Waals surface area contributed by atoms with Crippen molar-refractivity contribution in [2.45, 2.75) is 24.7 Å². The second-order valence-corrected chi connectivity index (χ2v) is 7.94. The predicted octanol–water partition coefficient (Wildman–Crippen LogP) is 1.36. The van der Waals surface area contributed by atoms with Crippen molar-refractivity contribution in [3.63, 3.8) is 0 Å². The van der Waals surface area contributed by atoms with E-state index in [1.54, 1.807) is 12.5 Å². The second kappa shape index (κ2) is 15.6. The fraction of sp³-hybridized carbons (Fsp3) is 0.667. The quantitative estimate of drug-likeness (QED) is 0.198. The molecule has 0 rings (SSSR count). The molecule has 0 aliphatic rings. The van der Waals surface area contributed by atoms with E-state index < -0.39 is 70.6 Å². The third kappa shape index (κ3) is 27.8. The van der Waals surface area contributed by atoms with Crippen LogP contribution in [-0.2, 0) is 50.1 Å². The highest BCUT2D eigenvalue weighted by atomic mass is 32.2. The zero-order valence-corrected chi connectivity index (χ0v) is 18.3. The number of carbonyl (C=O) groups is 4. The van der Waals surface area contributed by atoms with Gasteiger partial charge in [0.05, 0.1) is 0 Å². The lowest BCUT2D eigenvalue weighted by atomic mass is 10.6. The largest absolute Gasteiger partial charge is 0.542 e. The second-order valence-electron chi connectivity index (χ2n) is 4.81. The van der Waals surface area contributed by atoms with Crippen LogP contribution in [0.5, 0.6) is 0 Å². The number of carboxylic acid groups (broad SMARTS) is 1. The summed E-state index contributed by atoms with van der Waals surface area (Å²) < 4.78 is 149. The zero-order chi connectivity index (χ0) is 28.9. The van der Waals surface area contributed by atoms with Gasteiger partial charge in [0.15, 0.2) is 11.2 Å². The van der Waals surface area contributed by atoms with Gasteiger partial charge in [0.2, 0.25) is 0 Å². The Hall–Kier alpha value is -2.26. The normalized spacial score (nSPS) is 11.6. The first kappa shape index (κ1) is 39.0. The summed E-state index contributed by atoms with van der Waals surface area (Å²) in [6.07, 6.45) is -15.3. The molecule has 0 N–H and O–H groups in total. The van der Waals surface area contributed by atoms with Gasteiger partial charge in [0.25, 0.3) is 0 Å². The molecule has 22 heteroatoms. The minimum atomic E-state index is -5.62. The first-order chi connectivity index (χ1) is 14.6. The maximum absolute atomic E-state index is 11.3. The van der Waals surface area contributed by atoms with Gasteiger partial charge in [-0.2, -0.15) is 52.7 Å². The van der Waals surface area contributed by atoms with Gasteiger partial charge in [0, 0.05) is 23.3 Å². The standard InChI is InChI=1S/C4F6O3.C4H6F3O2S.C2HF3O2.C2H6OS/c5-3(6,7)1(11)13-2(12)4(8,9)10;1-10(2)9-3(8)4(5,6)7;3-2(4,5)1(6)7;1-4(2)3/h;1-2H3;(H,6,7);1-2H3/q;+1;;/p-1. The fourth-order valence-corrected chi connectivity index (χ4v) is 0.796. The van der Waals surface area contributed by atoms with Gasteiger partial charge in [-0.25, -0.2) is 18.6 Å². The number of alkyl halides is 12. The van der Waals surface area contributed by atoms with E-state index in [4.69, 9.17) is 9.90 Å². The van der Waals surface area contributed by atoms with Gasteiger partial charge >= 0.3 is 42.6 Å². The summed E-state index contributed by atoms with van der Waals surface area (Å²) in [7, 11) is -0.611. The molecule has 0 aromatic heterocycles. The molecule has 0 saturated heterocycles. The Morgan fingerprint density at radius 2 is 0.853 bits per heavy atom. The van der Waals surface area contributed by atoms with Crippen molar-refractivity contribution in [2.75, 3.05) is 25.0 Å². The molecular weight excluding hydrogens is 564 g/mol. The summed E-state index contributed by atoms with van der Waals surface area (Å²) in [5.41, 5.74) is 0. The molecule has 0 atom stereocenters. The third-order valence-corrected chi connectivity index (χ3v) is 1.84. The molecule has 0 unspecified atom stereocenters. The number of rotatable bonds is 1. The van der Waals surface area contributed by atoms with Gasteiger partial charge in [-0.3, -0.25) is 4.21 Å². The molecular formula is C12H12F12O8S2. The van der Waals surface area contributed by atoms with Crippen LogP contribution in [0.15, 0.2) is 0 Å². The monoisotopic (exact) mass is 576 g/mol. The number of esters is 2. The van der Waals surface area contributed by atoms with Gasteiger partial charge < -0.3 is 14.6 Å². The van der Waals surface area contributed by atoms with Crippen LogP contribution in [-0.4, -0.2) is 77.8 Å². The van der Waals surface area contributed by atoms with Crippen LogP contribution in [0, 0.1) is 0 Å². The number of hydrogen-bond donors (Lipinski definition) is 0. The Kier molecular flexibility index (Phi) is 17.9. The lowest BCUT2D eigenvalue weighted by Gasteiger charge is -2.06. The molecule has 0 radical (unpaired) electrons. The maximum Gasteiger partial charge on any atom is 0.496 e. The summed E-state index contributed by atoms with van der Waals surface area (Å²) in [5.74, 6) is -11.5. The zero-order valence-electron chi connectivity index (χ0n) is 16.6. The van der Waals surface area contributed by atoms with Crippen LogP contribution in [0.1, 0.15) is 0 Å². The van der Waals surface area contributed by atoms with Crippen LogP contribution < -0.4 is 5.11 Å². The first-order valence-electron chi connectivity index (χ1n) is 6.87. The van der Waals surface area contributed by atoms with Crippen molar-refractivity contribution in [1.29, 1.82) is 0 Å². The molecule has 0 aliphatic carbocycles. The Balaban J connectivity index is -0.000000190. The Morgan fingerprint density at radius 3 is 0.941 bits per heavy atom. The van der Waals surface area contributed by atoms with Crippen molar-refractivity contribution < 1.29 is 90.1 Å². The number of ether oxygens (including phenoxy) is 1. The van der Waals surface area contributed by atoms with E-state index in [1.807, 2.05) is 0 Å². The Morgan fingerprint density at radius 1 is 0.647 bits per heavy atom. The number of carbonyl (C=O) groups excluding carboxylic acids is 4. The molecule has 0 aromatic rings. The lowest BCUT2D eigenvalue weighted by molar-refractivity contribution is -0.344. The molecule has 8 nitrogen and oxygen atoms in total. The number of carboxylic acids is 1. The van der Waals surface area contributed by atoms with Gasteiger partial charge in [-0.1, -0.05) is 0 Å². The van der Waals surface area contributed by atoms with Crippen molar-refractivity contribution >= 4 is 45.9 Å². The highest BCUT2D eigenvalue weighted by Gasteiger charge is 2.49. The summed E-state index contributed by atoms with van der Waals surface area (Å²) in [4.78, 5) is 38.0. The minimum Gasteiger partial charge on any atom is -0.542 e. The molecule has 0 amide bonds. The minimum absolute atomic E-state index is 0.611. The molecule has 34 heavy (non-hydrogen) atoms. The molecule has 0 heterocycles. The molecule has 0 saturated carbocycles. The summed E-state index contributed by atoms with van der Waals surface area (Å²) in [5, 5.41) is 8.78. The van der Waals surface area contributed by atoms with Gasteiger partial charge in [0.1, 0.15) is 18.5 Å². The third-order valence-electron chi connectivity index (χ3n) is 1.35. The van der Waals surface area contributed by atoms with E-state index in [2.05, 4.69) is 8.92 Å². The summed E-state index contributed by atoms with van der Waals surface area (Å²) in [6.45, 7) is 0. The van der Waals surface area contributed by atoms with E-state index in [1.165, 1.54) is 12.5 Å². The SMILES string of the molecule is CS(C)=O.C[S+](C)OC(=O)C(F)(F)F.O=C(OC(=O)C(F)(F)F)C(F)(F)F.O=C([O-])C(F)(F)F. The number of hydrogen-bond acceptors (Lipinski definition) is 8. The van der Waals surface area contributed by atoms with Crippen LogP contribution in [0.25, 0.3) is 0 Å². The topological polar surface area (TPSA) is 127 Å². The van der Waals surface area contributed by atoms with E-state index in [0.717, 1.165) is 0 Å². The van der Waals surface area contributed by atoms with Crippen LogP contribution in [0.4, 0.5) is 52.7 Å². The van der Waals surface area contributed by atoms with E-state index in [-0.39, 0.29) is 0 Å². The average Bonchev–Trinajstić information content (AvgIpc) is 2.51. The van der Waals surface area contributed by atoms with Crippen molar-refractivity contribution in [3.05, 3.63) is 0 Å². The predicted molar refractivity (Wildman–Crippen MR) is 85.6 cm³/mol. The van der Waals surface area contributed by atoms with Crippen molar-refractivity contribution in [3.8, 4) is 0 Å². The number of aliphatic carboxylic acids is 1. The summed E-state index contributed by atoms with van der Waals surface area (Å²) in [6, 6.07) is 0. The van der Waals surface area contributed by atoms with Gasteiger partial charge in [-0.05, 0) is 0 Å². The van der Waals surface area contributed by atoms with E-state index in [9.17, 15) is 71.3 Å². The van der Waals surface area contributed by atoms with Crippen LogP contribution in [0.3, 0.4) is 0 Å². The van der Waals surface area contributed by atoms with Crippen LogP contribution in [0.2, 0.25) is 0 Å². The maximum atomic E-state index is 11.3. The first-order valence-corrected chi connectivity index (χ1v) is 10.8. The molecule has 0 spiro atoms. The van der Waals surface area contributed by atoms with E-state index >= 15 is 0 Å². The Bertz CT molecular complexity index is 667. The van der Waals surface area contributed by atoms with Gasteiger partial charge in [-0.15, -0.1) is 0 Å². The smallest absolute Gasteiger partial charge is 0.496 e. The Labute approximate surface area is 186 Å². The molecule has 0 bridgehead atoms. The van der Waals surface area contributed by atoms with Crippen molar-refractivity contribution in [1.82, 2.24) is 0 Å². The molecule has 0 fully saturated rings. The lowest BCUT2D eigenvalue weighted by Crippen LogP contribution is -2.37. The molecule has 204 valence electrons. The number of halogens is 12.